The summed E-state index contributed by atoms with van der Waals surface area (Å²) in [6.45, 7) is 3.19. The van der Waals surface area contributed by atoms with Gasteiger partial charge in [-0.1, -0.05) is 46.3 Å². The monoisotopic (exact) mass is 305 g/mol. The lowest BCUT2D eigenvalue weighted by atomic mass is 10.1. The van der Waals surface area contributed by atoms with Gasteiger partial charge in [-0.15, -0.1) is 0 Å². The molecule has 0 radical (unpaired) electrons. The fourth-order valence-corrected chi connectivity index (χ4v) is 2.00. The van der Waals surface area contributed by atoms with E-state index in [9.17, 15) is 0 Å². The lowest BCUT2D eigenvalue weighted by Gasteiger charge is -2.10. The molecule has 2 N–H and O–H groups in total. The first-order chi connectivity index (χ1) is 8.69. The van der Waals surface area contributed by atoms with E-state index in [1.54, 1.807) is 0 Å². The van der Waals surface area contributed by atoms with Crippen molar-refractivity contribution in [1.82, 2.24) is 0 Å². The van der Waals surface area contributed by atoms with Crippen LogP contribution in [0.2, 0.25) is 0 Å². The maximum Gasteiger partial charge on any atom is 0.123 e. The van der Waals surface area contributed by atoms with Crippen molar-refractivity contribution in [2.75, 3.05) is 0 Å². The van der Waals surface area contributed by atoms with Crippen LogP contribution >= 0.6 is 15.9 Å². The predicted octanol–water partition coefficient (Wildman–Crippen LogP) is 3.80. The van der Waals surface area contributed by atoms with Gasteiger partial charge in [-0.05, 0) is 35.7 Å². The molecule has 0 atom stereocenters. The van der Waals surface area contributed by atoms with E-state index in [1.807, 2.05) is 37.3 Å². The molecular formula is C15H16BrNO. The normalized spacial score (nSPS) is 10.4. The van der Waals surface area contributed by atoms with Gasteiger partial charge in [0, 0.05) is 11.0 Å². The maximum atomic E-state index is 5.82. The summed E-state index contributed by atoms with van der Waals surface area (Å²) in [5.41, 5.74) is 8.98. The topological polar surface area (TPSA) is 35.2 Å². The summed E-state index contributed by atoms with van der Waals surface area (Å²) < 4.78 is 6.85. The van der Waals surface area contributed by atoms with Crippen LogP contribution in [0.1, 0.15) is 16.7 Å². The molecule has 0 aliphatic rings. The van der Waals surface area contributed by atoms with Crippen molar-refractivity contribution in [1.29, 1.82) is 0 Å². The molecule has 0 amide bonds. The minimum Gasteiger partial charge on any atom is -0.489 e. The molecule has 0 aliphatic carbocycles. The van der Waals surface area contributed by atoms with Gasteiger partial charge < -0.3 is 10.5 Å². The summed E-state index contributed by atoms with van der Waals surface area (Å²) in [6, 6.07) is 14.2. The van der Waals surface area contributed by atoms with Gasteiger partial charge in [0.25, 0.3) is 0 Å². The quantitative estimate of drug-likeness (QED) is 0.932. The Labute approximate surface area is 116 Å². The Kier molecular flexibility index (Phi) is 4.39. The summed E-state index contributed by atoms with van der Waals surface area (Å²) in [5, 5.41) is 0. The van der Waals surface area contributed by atoms with Crippen LogP contribution in [0.3, 0.4) is 0 Å². The zero-order valence-electron chi connectivity index (χ0n) is 10.3. The van der Waals surface area contributed by atoms with E-state index >= 15 is 0 Å². The largest absolute Gasteiger partial charge is 0.489 e. The zero-order valence-corrected chi connectivity index (χ0v) is 11.9. The van der Waals surface area contributed by atoms with E-state index in [0.717, 1.165) is 26.9 Å². The van der Waals surface area contributed by atoms with E-state index in [-0.39, 0.29) is 0 Å². The van der Waals surface area contributed by atoms with Crippen molar-refractivity contribution in [3.05, 3.63) is 63.6 Å². The van der Waals surface area contributed by atoms with Crippen molar-refractivity contribution >= 4 is 15.9 Å². The number of hydrogen-bond acceptors (Lipinski definition) is 2. The Bertz CT molecular complexity index is 523. The second-order valence-electron chi connectivity index (χ2n) is 4.22. The van der Waals surface area contributed by atoms with Gasteiger partial charge in [0.15, 0.2) is 0 Å². The molecule has 0 aromatic heterocycles. The van der Waals surface area contributed by atoms with E-state index in [2.05, 4.69) is 28.1 Å². The van der Waals surface area contributed by atoms with Gasteiger partial charge in [-0.2, -0.15) is 0 Å². The summed E-state index contributed by atoms with van der Waals surface area (Å²) in [6.07, 6.45) is 0. The van der Waals surface area contributed by atoms with Crippen molar-refractivity contribution in [3.63, 3.8) is 0 Å². The van der Waals surface area contributed by atoms with Crippen molar-refractivity contribution < 1.29 is 4.74 Å². The van der Waals surface area contributed by atoms with Crippen LogP contribution in [0.4, 0.5) is 0 Å². The molecule has 18 heavy (non-hydrogen) atoms. The van der Waals surface area contributed by atoms with Gasteiger partial charge in [0.05, 0.1) is 0 Å². The molecule has 2 aromatic carbocycles. The number of rotatable bonds is 4. The number of benzene rings is 2. The number of aryl methyl sites for hydroxylation is 1. The van der Waals surface area contributed by atoms with Crippen LogP contribution in [0, 0.1) is 6.92 Å². The summed E-state index contributed by atoms with van der Waals surface area (Å²) in [5.74, 6) is 0.910. The maximum absolute atomic E-state index is 5.82. The molecule has 0 fully saturated rings. The summed E-state index contributed by atoms with van der Waals surface area (Å²) in [7, 11) is 0. The third-order valence-electron chi connectivity index (χ3n) is 2.80. The van der Waals surface area contributed by atoms with E-state index in [1.165, 1.54) is 0 Å². The van der Waals surface area contributed by atoms with Crippen molar-refractivity contribution in [2.24, 2.45) is 5.73 Å². The number of hydrogen-bond donors (Lipinski definition) is 1. The van der Waals surface area contributed by atoms with Crippen LogP contribution in [-0.2, 0) is 13.2 Å². The molecule has 0 saturated heterocycles. The van der Waals surface area contributed by atoms with Crippen LogP contribution in [0.25, 0.3) is 0 Å². The lowest BCUT2D eigenvalue weighted by molar-refractivity contribution is 0.304. The molecular weight excluding hydrogens is 290 g/mol. The van der Waals surface area contributed by atoms with Crippen LogP contribution in [-0.4, -0.2) is 0 Å². The third kappa shape index (κ3) is 3.34. The summed E-state index contributed by atoms with van der Waals surface area (Å²) in [4.78, 5) is 0. The molecule has 0 heterocycles. The van der Waals surface area contributed by atoms with Gasteiger partial charge in [0.2, 0.25) is 0 Å². The second kappa shape index (κ2) is 6.03. The Balaban J connectivity index is 2.04. The number of halogens is 1. The highest BCUT2D eigenvalue weighted by Crippen LogP contribution is 2.23. The van der Waals surface area contributed by atoms with Gasteiger partial charge in [-0.3, -0.25) is 0 Å². The molecule has 2 rings (SSSR count). The first-order valence-corrected chi connectivity index (χ1v) is 6.65. The smallest absolute Gasteiger partial charge is 0.123 e. The molecule has 0 spiro atoms. The third-order valence-corrected chi connectivity index (χ3v) is 3.30. The standard InChI is InChI=1S/C15H16BrNO/c1-11-2-7-14(16)8-15(11)18-10-13-5-3-12(9-17)4-6-13/h2-8H,9-10,17H2,1H3. The van der Waals surface area contributed by atoms with Gasteiger partial charge >= 0.3 is 0 Å². The SMILES string of the molecule is Cc1ccc(Br)cc1OCc1ccc(CN)cc1. The minimum atomic E-state index is 0.572. The van der Waals surface area contributed by atoms with Crippen LogP contribution < -0.4 is 10.5 Å². The Hall–Kier alpha value is -1.32. The number of ether oxygens (including phenoxy) is 1. The molecule has 0 aliphatic heterocycles. The molecule has 0 saturated carbocycles. The number of nitrogens with two attached hydrogens (primary N) is 1. The van der Waals surface area contributed by atoms with Crippen molar-refractivity contribution in [2.45, 2.75) is 20.1 Å². The highest BCUT2D eigenvalue weighted by Gasteiger charge is 2.01. The van der Waals surface area contributed by atoms with Gasteiger partial charge in [-0.25, -0.2) is 0 Å². The molecule has 2 aromatic rings. The predicted molar refractivity (Wildman–Crippen MR) is 77.5 cm³/mol. The summed E-state index contributed by atoms with van der Waals surface area (Å²) >= 11 is 3.45. The fourth-order valence-electron chi connectivity index (χ4n) is 1.66. The lowest BCUT2D eigenvalue weighted by Crippen LogP contribution is -1.99. The van der Waals surface area contributed by atoms with E-state index < -0.39 is 0 Å². The fraction of sp³-hybridized carbons (Fsp3) is 0.200. The minimum absolute atomic E-state index is 0.572. The molecule has 94 valence electrons. The Morgan fingerprint density at radius 3 is 2.39 bits per heavy atom. The van der Waals surface area contributed by atoms with Crippen LogP contribution in [0.15, 0.2) is 46.9 Å². The average Bonchev–Trinajstić information content (AvgIpc) is 2.40. The average molecular weight is 306 g/mol. The Morgan fingerprint density at radius 2 is 1.72 bits per heavy atom. The molecule has 2 nitrogen and oxygen atoms in total. The van der Waals surface area contributed by atoms with Crippen molar-refractivity contribution in [3.8, 4) is 5.75 Å². The van der Waals surface area contributed by atoms with Gasteiger partial charge in [0.1, 0.15) is 12.4 Å². The second-order valence-corrected chi connectivity index (χ2v) is 5.13. The van der Waals surface area contributed by atoms with E-state index in [4.69, 9.17) is 10.5 Å². The molecule has 0 unspecified atom stereocenters. The van der Waals surface area contributed by atoms with E-state index in [0.29, 0.717) is 13.2 Å². The highest BCUT2D eigenvalue weighted by atomic mass is 79.9. The molecule has 3 heteroatoms. The van der Waals surface area contributed by atoms with Crippen LogP contribution in [0.5, 0.6) is 5.75 Å². The molecule has 0 bridgehead atoms. The zero-order chi connectivity index (χ0) is 13.0. The highest BCUT2D eigenvalue weighted by molar-refractivity contribution is 9.10. The first kappa shape index (κ1) is 13.1. The first-order valence-electron chi connectivity index (χ1n) is 5.86. The Morgan fingerprint density at radius 1 is 1.06 bits per heavy atom.